The maximum Gasteiger partial charge on any atom is 0.337 e. The van der Waals surface area contributed by atoms with Crippen molar-refractivity contribution < 1.29 is 9.53 Å². The topological polar surface area (TPSA) is 26.3 Å². The monoisotopic (exact) mass is 248 g/mol. The van der Waals surface area contributed by atoms with Crippen molar-refractivity contribution in [1.82, 2.24) is 0 Å². The Morgan fingerprint density at radius 2 is 1.67 bits per heavy atom. The normalized spacial score (nSPS) is 14.1. The van der Waals surface area contributed by atoms with Crippen molar-refractivity contribution in [3.05, 3.63) is 34.9 Å². The zero-order valence-electron chi connectivity index (χ0n) is 12.1. The third-order valence-corrected chi connectivity index (χ3v) is 3.79. The van der Waals surface area contributed by atoms with Gasteiger partial charge in [0.05, 0.1) is 12.7 Å². The second kappa shape index (κ2) is 6.58. The largest absolute Gasteiger partial charge is 0.465 e. The van der Waals surface area contributed by atoms with Crippen molar-refractivity contribution in [2.45, 2.75) is 52.4 Å². The highest BCUT2D eigenvalue weighted by Crippen LogP contribution is 2.30. The molecule has 0 saturated carbocycles. The molecule has 2 atom stereocenters. The van der Waals surface area contributed by atoms with Crippen molar-refractivity contribution in [2.24, 2.45) is 0 Å². The molecular weight excluding hydrogens is 224 g/mol. The number of hydrogen-bond donors (Lipinski definition) is 0. The van der Waals surface area contributed by atoms with Gasteiger partial charge in [-0.1, -0.05) is 33.8 Å². The third-order valence-electron chi connectivity index (χ3n) is 3.79. The minimum atomic E-state index is -0.254. The zero-order valence-corrected chi connectivity index (χ0v) is 12.1. The van der Waals surface area contributed by atoms with E-state index in [1.807, 2.05) is 12.1 Å². The van der Waals surface area contributed by atoms with Gasteiger partial charge in [-0.3, -0.25) is 0 Å². The Bertz CT molecular complexity index is 410. The lowest BCUT2D eigenvalue weighted by Crippen LogP contribution is -2.07. The standard InChI is InChI=1S/C16H24O2/c1-6-11(3)14-9-8-13(16(17)18-5)10-15(14)12(4)7-2/h8-12H,6-7H2,1-5H3. The van der Waals surface area contributed by atoms with E-state index in [0.717, 1.165) is 12.8 Å². The van der Waals surface area contributed by atoms with Gasteiger partial charge in [0.25, 0.3) is 0 Å². The molecule has 0 radical (unpaired) electrons. The molecule has 0 aliphatic carbocycles. The van der Waals surface area contributed by atoms with Gasteiger partial charge in [0.15, 0.2) is 0 Å². The molecule has 0 heterocycles. The number of hydrogen-bond acceptors (Lipinski definition) is 2. The Morgan fingerprint density at radius 3 is 2.17 bits per heavy atom. The van der Waals surface area contributed by atoms with Gasteiger partial charge in [-0.05, 0) is 47.9 Å². The van der Waals surface area contributed by atoms with Crippen LogP contribution >= 0.6 is 0 Å². The van der Waals surface area contributed by atoms with Crippen LogP contribution in [-0.4, -0.2) is 13.1 Å². The molecule has 2 unspecified atom stereocenters. The number of esters is 1. The Balaban J connectivity index is 3.24. The highest BCUT2D eigenvalue weighted by atomic mass is 16.5. The third kappa shape index (κ3) is 3.12. The summed E-state index contributed by atoms with van der Waals surface area (Å²) in [6, 6.07) is 5.96. The molecule has 1 aromatic rings. The van der Waals surface area contributed by atoms with Crippen LogP contribution in [0.1, 0.15) is 73.9 Å². The smallest absolute Gasteiger partial charge is 0.337 e. The van der Waals surface area contributed by atoms with Crippen LogP contribution in [0.25, 0.3) is 0 Å². The fourth-order valence-electron chi connectivity index (χ4n) is 2.13. The number of carbonyl (C=O) groups excluding carboxylic acids is 1. The summed E-state index contributed by atoms with van der Waals surface area (Å²) in [6.07, 6.45) is 2.19. The highest BCUT2D eigenvalue weighted by Gasteiger charge is 2.16. The van der Waals surface area contributed by atoms with Gasteiger partial charge in [0, 0.05) is 0 Å². The fourth-order valence-corrected chi connectivity index (χ4v) is 2.13. The number of methoxy groups -OCH3 is 1. The Hall–Kier alpha value is -1.31. The van der Waals surface area contributed by atoms with E-state index in [1.54, 1.807) is 0 Å². The zero-order chi connectivity index (χ0) is 13.7. The van der Waals surface area contributed by atoms with Crippen LogP contribution in [0.5, 0.6) is 0 Å². The molecule has 0 saturated heterocycles. The van der Waals surface area contributed by atoms with Gasteiger partial charge in [-0.15, -0.1) is 0 Å². The Labute approximate surface area is 110 Å². The van der Waals surface area contributed by atoms with E-state index < -0.39 is 0 Å². The van der Waals surface area contributed by atoms with E-state index in [1.165, 1.54) is 18.2 Å². The molecule has 0 spiro atoms. The predicted octanol–water partition coefficient (Wildman–Crippen LogP) is 4.50. The maximum absolute atomic E-state index is 11.6. The summed E-state index contributed by atoms with van der Waals surface area (Å²) in [4.78, 5) is 11.6. The second-order valence-corrected chi connectivity index (χ2v) is 4.95. The van der Waals surface area contributed by atoms with Crippen molar-refractivity contribution in [3.63, 3.8) is 0 Å². The van der Waals surface area contributed by atoms with Gasteiger partial charge in [-0.25, -0.2) is 4.79 Å². The second-order valence-electron chi connectivity index (χ2n) is 4.95. The van der Waals surface area contributed by atoms with Gasteiger partial charge < -0.3 is 4.74 Å². The molecular formula is C16H24O2. The minimum Gasteiger partial charge on any atom is -0.465 e. The van der Waals surface area contributed by atoms with E-state index in [9.17, 15) is 4.79 Å². The first-order valence-electron chi connectivity index (χ1n) is 6.77. The number of rotatable bonds is 5. The fraction of sp³-hybridized carbons (Fsp3) is 0.562. The van der Waals surface area contributed by atoms with Gasteiger partial charge in [0.1, 0.15) is 0 Å². The molecule has 0 amide bonds. The first-order chi connectivity index (χ1) is 8.54. The van der Waals surface area contributed by atoms with Crippen LogP contribution in [0, 0.1) is 0 Å². The molecule has 1 rings (SSSR count). The van der Waals surface area contributed by atoms with Gasteiger partial charge in [-0.2, -0.15) is 0 Å². The molecule has 18 heavy (non-hydrogen) atoms. The summed E-state index contributed by atoms with van der Waals surface area (Å²) in [5.41, 5.74) is 3.30. The Kier molecular flexibility index (Phi) is 5.39. The summed E-state index contributed by atoms with van der Waals surface area (Å²) < 4.78 is 4.79. The molecule has 0 aliphatic heterocycles. The first-order valence-corrected chi connectivity index (χ1v) is 6.77. The molecule has 0 aromatic heterocycles. The van der Waals surface area contributed by atoms with Crippen molar-refractivity contribution >= 4 is 5.97 Å². The summed E-state index contributed by atoms with van der Waals surface area (Å²) in [5.74, 6) is 0.745. The van der Waals surface area contributed by atoms with E-state index >= 15 is 0 Å². The predicted molar refractivity (Wildman–Crippen MR) is 75.2 cm³/mol. The summed E-state index contributed by atoms with van der Waals surface area (Å²) in [7, 11) is 1.42. The summed E-state index contributed by atoms with van der Waals surface area (Å²) in [5, 5.41) is 0. The molecule has 0 fully saturated rings. The van der Waals surface area contributed by atoms with Crippen LogP contribution in [0.2, 0.25) is 0 Å². The lowest BCUT2D eigenvalue weighted by Gasteiger charge is -2.20. The number of ether oxygens (including phenoxy) is 1. The average Bonchev–Trinajstić information content (AvgIpc) is 2.43. The minimum absolute atomic E-state index is 0.254. The van der Waals surface area contributed by atoms with Crippen LogP contribution < -0.4 is 0 Å². The van der Waals surface area contributed by atoms with Crippen LogP contribution in [0.4, 0.5) is 0 Å². The molecule has 2 heteroatoms. The number of benzene rings is 1. The van der Waals surface area contributed by atoms with Crippen molar-refractivity contribution in [1.29, 1.82) is 0 Å². The summed E-state index contributed by atoms with van der Waals surface area (Å²) >= 11 is 0. The molecule has 1 aromatic carbocycles. The molecule has 2 nitrogen and oxygen atoms in total. The molecule has 100 valence electrons. The van der Waals surface area contributed by atoms with E-state index in [4.69, 9.17) is 4.74 Å². The van der Waals surface area contributed by atoms with Crippen molar-refractivity contribution in [2.75, 3.05) is 7.11 Å². The van der Waals surface area contributed by atoms with Gasteiger partial charge in [0.2, 0.25) is 0 Å². The molecule has 0 bridgehead atoms. The molecule has 0 N–H and O–H groups in total. The molecule has 0 aliphatic rings. The van der Waals surface area contributed by atoms with E-state index in [2.05, 4.69) is 33.8 Å². The summed E-state index contributed by atoms with van der Waals surface area (Å²) in [6.45, 7) is 8.82. The maximum atomic E-state index is 11.6. The SMILES string of the molecule is CCC(C)c1ccc(C(=O)OC)cc1C(C)CC. The quantitative estimate of drug-likeness (QED) is 0.717. The van der Waals surface area contributed by atoms with E-state index in [0.29, 0.717) is 17.4 Å². The van der Waals surface area contributed by atoms with Crippen LogP contribution in [0.15, 0.2) is 18.2 Å². The van der Waals surface area contributed by atoms with Crippen LogP contribution in [-0.2, 0) is 4.74 Å². The first kappa shape index (κ1) is 14.7. The average molecular weight is 248 g/mol. The number of carbonyl (C=O) groups is 1. The van der Waals surface area contributed by atoms with Crippen molar-refractivity contribution in [3.8, 4) is 0 Å². The lowest BCUT2D eigenvalue weighted by molar-refractivity contribution is 0.0600. The van der Waals surface area contributed by atoms with Gasteiger partial charge >= 0.3 is 5.97 Å². The Morgan fingerprint density at radius 1 is 1.11 bits per heavy atom. The highest BCUT2D eigenvalue weighted by molar-refractivity contribution is 5.89. The van der Waals surface area contributed by atoms with Crippen LogP contribution in [0.3, 0.4) is 0 Å². The van der Waals surface area contributed by atoms with E-state index in [-0.39, 0.29) is 5.97 Å². The lowest BCUT2D eigenvalue weighted by atomic mass is 9.85.